The number of ether oxygens (including phenoxy) is 1. The fourth-order valence-electron chi connectivity index (χ4n) is 2.82. The molecule has 0 unspecified atom stereocenters. The number of nitrogens with one attached hydrogen (secondary N) is 1. The first kappa shape index (κ1) is 17.8. The molecular formula is C19H19FN4O2. The third-order valence-corrected chi connectivity index (χ3v) is 4.15. The van der Waals surface area contributed by atoms with E-state index in [2.05, 4.69) is 10.3 Å². The number of carbonyl (C=O) groups excluding carboxylic acids is 1. The van der Waals surface area contributed by atoms with Crippen molar-refractivity contribution in [1.29, 1.82) is 5.26 Å². The van der Waals surface area contributed by atoms with Gasteiger partial charge in [0.15, 0.2) is 0 Å². The molecule has 0 bridgehead atoms. The van der Waals surface area contributed by atoms with Gasteiger partial charge in [0.2, 0.25) is 0 Å². The molecule has 2 aromatic rings. The summed E-state index contributed by atoms with van der Waals surface area (Å²) in [5.41, 5.74) is 0.971. The number of nitrogens with zero attached hydrogens (tertiary/aromatic N) is 3. The molecule has 1 saturated heterocycles. The Hall–Kier alpha value is -2.98. The molecule has 1 aliphatic heterocycles. The molecule has 3 rings (SSSR count). The van der Waals surface area contributed by atoms with Crippen molar-refractivity contribution >= 4 is 11.7 Å². The van der Waals surface area contributed by atoms with Crippen LogP contribution < -0.4 is 5.32 Å². The van der Waals surface area contributed by atoms with E-state index in [1.165, 1.54) is 12.1 Å². The van der Waals surface area contributed by atoms with Crippen LogP contribution >= 0.6 is 0 Å². The molecule has 0 saturated carbocycles. The van der Waals surface area contributed by atoms with E-state index in [-0.39, 0.29) is 17.4 Å². The zero-order valence-electron chi connectivity index (χ0n) is 14.2. The molecule has 134 valence electrons. The number of nitriles is 1. The van der Waals surface area contributed by atoms with E-state index in [0.717, 1.165) is 24.6 Å². The van der Waals surface area contributed by atoms with E-state index in [1.54, 1.807) is 17.2 Å². The summed E-state index contributed by atoms with van der Waals surface area (Å²) in [4.78, 5) is 18.5. The summed E-state index contributed by atoms with van der Waals surface area (Å²) in [7, 11) is 0. The number of anilines is 1. The van der Waals surface area contributed by atoms with Gasteiger partial charge >= 0.3 is 6.03 Å². The van der Waals surface area contributed by atoms with Gasteiger partial charge in [-0.1, -0.05) is 6.07 Å². The quantitative estimate of drug-likeness (QED) is 0.893. The number of benzene rings is 1. The van der Waals surface area contributed by atoms with E-state index in [9.17, 15) is 9.18 Å². The van der Waals surface area contributed by atoms with Gasteiger partial charge in [0.05, 0.1) is 35.7 Å². The molecule has 26 heavy (non-hydrogen) atoms. The van der Waals surface area contributed by atoms with Crippen LogP contribution in [0.1, 0.15) is 24.1 Å². The summed E-state index contributed by atoms with van der Waals surface area (Å²) >= 11 is 0. The highest BCUT2D eigenvalue weighted by molar-refractivity contribution is 5.89. The van der Waals surface area contributed by atoms with Crippen LogP contribution in [0, 0.1) is 17.1 Å². The predicted octanol–water partition coefficient (Wildman–Crippen LogP) is 3.31. The number of carbonyl (C=O) groups is 1. The minimum Gasteiger partial charge on any atom is -0.376 e. The van der Waals surface area contributed by atoms with Crippen molar-refractivity contribution in [1.82, 2.24) is 9.88 Å². The van der Waals surface area contributed by atoms with Crippen molar-refractivity contribution < 1.29 is 13.9 Å². The summed E-state index contributed by atoms with van der Waals surface area (Å²) in [5, 5.41) is 11.4. The lowest BCUT2D eigenvalue weighted by atomic mass is 10.2. The monoisotopic (exact) mass is 354 g/mol. The molecule has 2 amide bonds. The van der Waals surface area contributed by atoms with Gasteiger partial charge in [0, 0.05) is 19.3 Å². The summed E-state index contributed by atoms with van der Waals surface area (Å²) in [6.45, 7) is 1.39. The van der Waals surface area contributed by atoms with Gasteiger partial charge in [-0.3, -0.25) is 4.98 Å². The average molecular weight is 354 g/mol. The van der Waals surface area contributed by atoms with E-state index >= 15 is 0 Å². The second-order valence-corrected chi connectivity index (χ2v) is 6.07. The second kappa shape index (κ2) is 8.41. The van der Waals surface area contributed by atoms with Crippen molar-refractivity contribution in [2.45, 2.75) is 25.5 Å². The molecule has 0 aliphatic carbocycles. The molecule has 7 heteroatoms. The first-order valence-electron chi connectivity index (χ1n) is 8.43. The highest BCUT2D eigenvalue weighted by Crippen LogP contribution is 2.18. The van der Waals surface area contributed by atoms with E-state index in [4.69, 9.17) is 10.00 Å². The van der Waals surface area contributed by atoms with Gasteiger partial charge in [-0.2, -0.15) is 5.26 Å². The van der Waals surface area contributed by atoms with E-state index in [1.807, 2.05) is 18.2 Å². The van der Waals surface area contributed by atoms with Crippen LogP contribution in [0.25, 0.3) is 0 Å². The van der Waals surface area contributed by atoms with Crippen LogP contribution in [-0.2, 0) is 11.3 Å². The van der Waals surface area contributed by atoms with Crippen LogP contribution in [-0.4, -0.2) is 35.2 Å². The number of amides is 2. The first-order valence-corrected chi connectivity index (χ1v) is 8.43. The summed E-state index contributed by atoms with van der Waals surface area (Å²) in [6, 6.07) is 10.9. The first-order chi connectivity index (χ1) is 12.7. The second-order valence-electron chi connectivity index (χ2n) is 6.07. The maximum atomic E-state index is 14.1. The van der Waals surface area contributed by atoms with Gasteiger partial charge in [-0.25, -0.2) is 9.18 Å². The summed E-state index contributed by atoms with van der Waals surface area (Å²) in [5.74, 6) is -0.646. The largest absolute Gasteiger partial charge is 0.376 e. The van der Waals surface area contributed by atoms with Gasteiger partial charge in [0.25, 0.3) is 0 Å². The number of halogens is 1. The van der Waals surface area contributed by atoms with Crippen LogP contribution in [0.15, 0.2) is 42.6 Å². The third kappa shape index (κ3) is 4.55. The molecule has 0 spiro atoms. The summed E-state index contributed by atoms with van der Waals surface area (Å²) < 4.78 is 19.7. The van der Waals surface area contributed by atoms with Crippen LogP contribution in [0.2, 0.25) is 0 Å². The lowest BCUT2D eigenvalue weighted by molar-refractivity contribution is 0.0816. The number of hydrogen-bond acceptors (Lipinski definition) is 4. The molecule has 1 aliphatic rings. The molecule has 1 fully saturated rings. The van der Waals surface area contributed by atoms with Gasteiger partial charge in [0.1, 0.15) is 5.82 Å². The summed E-state index contributed by atoms with van der Waals surface area (Å²) in [6.07, 6.45) is 3.48. The highest BCUT2D eigenvalue weighted by Gasteiger charge is 2.23. The lowest BCUT2D eigenvalue weighted by Crippen LogP contribution is -2.40. The van der Waals surface area contributed by atoms with E-state index < -0.39 is 11.8 Å². The van der Waals surface area contributed by atoms with Gasteiger partial charge < -0.3 is 15.0 Å². The Kier molecular flexibility index (Phi) is 5.77. The molecular weight excluding hydrogens is 335 g/mol. The number of rotatable bonds is 5. The van der Waals surface area contributed by atoms with Crippen molar-refractivity contribution in [3.05, 3.63) is 59.7 Å². The molecule has 1 aromatic carbocycles. The molecule has 6 nitrogen and oxygen atoms in total. The number of urea groups is 1. The zero-order chi connectivity index (χ0) is 18.4. The number of hydrogen-bond donors (Lipinski definition) is 1. The Labute approximate surface area is 151 Å². The predicted molar refractivity (Wildman–Crippen MR) is 93.8 cm³/mol. The Balaban J connectivity index is 1.74. The minimum absolute atomic E-state index is 0.0322. The fourth-order valence-corrected chi connectivity index (χ4v) is 2.82. The smallest absolute Gasteiger partial charge is 0.322 e. The Morgan fingerprint density at radius 3 is 2.96 bits per heavy atom. The third-order valence-electron chi connectivity index (χ3n) is 4.15. The van der Waals surface area contributed by atoms with Crippen LogP contribution in [0.5, 0.6) is 0 Å². The van der Waals surface area contributed by atoms with Crippen LogP contribution in [0.4, 0.5) is 14.9 Å². The topological polar surface area (TPSA) is 78.3 Å². The SMILES string of the molecule is N#Cc1ccc(NC(=O)N(Cc2ccccn2)C[C@@H]2CCCO2)c(F)c1. The lowest BCUT2D eigenvalue weighted by Gasteiger charge is -2.25. The standard InChI is InChI=1S/C19H19FN4O2/c20-17-10-14(11-21)6-7-18(17)23-19(25)24(13-16-5-3-9-26-16)12-15-4-1-2-8-22-15/h1-2,4,6-8,10,16H,3,5,9,12-13H2,(H,23,25)/t16-/m0/s1. The highest BCUT2D eigenvalue weighted by atomic mass is 19.1. The van der Waals surface area contributed by atoms with Crippen molar-refractivity contribution in [3.8, 4) is 6.07 Å². The van der Waals surface area contributed by atoms with E-state index in [0.29, 0.717) is 19.7 Å². The van der Waals surface area contributed by atoms with Gasteiger partial charge in [-0.05, 0) is 43.2 Å². The maximum Gasteiger partial charge on any atom is 0.322 e. The Morgan fingerprint density at radius 2 is 2.31 bits per heavy atom. The average Bonchev–Trinajstić information content (AvgIpc) is 3.17. The van der Waals surface area contributed by atoms with Crippen LogP contribution in [0.3, 0.4) is 0 Å². The minimum atomic E-state index is -0.646. The fraction of sp³-hybridized carbons (Fsp3) is 0.316. The van der Waals surface area contributed by atoms with Crippen molar-refractivity contribution in [2.24, 2.45) is 0 Å². The van der Waals surface area contributed by atoms with Gasteiger partial charge in [-0.15, -0.1) is 0 Å². The molecule has 1 aromatic heterocycles. The number of pyridine rings is 1. The molecule has 2 heterocycles. The molecule has 1 N–H and O–H groups in total. The van der Waals surface area contributed by atoms with Crippen molar-refractivity contribution in [3.63, 3.8) is 0 Å². The molecule has 0 radical (unpaired) electrons. The molecule has 1 atom stereocenters. The zero-order valence-corrected chi connectivity index (χ0v) is 14.2. The normalized spacial score (nSPS) is 16.1. The number of aromatic nitrogens is 1. The van der Waals surface area contributed by atoms with Crippen molar-refractivity contribution in [2.75, 3.05) is 18.5 Å². The Bertz CT molecular complexity index is 801. The maximum absolute atomic E-state index is 14.1. The Morgan fingerprint density at radius 1 is 1.42 bits per heavy atom.